The number of carbonyl (C=O) groups is 1. The van der Waals surface area contributed by atoms with Gasteiger partial charge in [-0.2, -0.15) is 0 Å². The van der Waals surface area contributed by atoms with Gasteiger partial charge < -0.3 is 9.47 Å². The van der Waals surface area contributed by atoms with E-state index in [4.69, 9.17) is 14.6 Å². The standard InChI is InChI=1S/C12H17NO5S/c1-9(2)17-6-7-18-12(14)10-4-3-5-11(8-10)19(13,15)16/h3-5,8-9H,6-7H2,1-2H3,(H2,13,15,16). The highest BCUT2D eigenvalue weighted by atomic mass is 32.2. The highest BCUT2D eigenvalue weighted by molar-refractivity contribution is 7.89. The molecule has 0 unspecified atom stereocenters. The third kappa shape index (κ3) is 5.37. The molecule has 1 aromatic carbocycles. The number of nitrogens with two attached hydrogens (primary N) is 1. The molecule has 0 spiro atoms. The van der Waals surface area contributed by atoms with Crippen LogP contribution in [0, 0.1) is 0 Å². The SMILES string of the molecule is CC(C)OCCOC(=O)c1cccc(S(N)(=O)=O)c1. The predicted molar refractivity (Wildman–Crippen MR) is 69.2 cm³/mol. The van der Waals surface area contributed by atoms with Crippen molar-refractivity contribution < 1.29 is 22.7 Å². The third-order valence-electron chi connectivity index (χ3n) is 2.17. The van der Waals surface area contributed by atoms with Gasteiger partial charge >= 0.3 is 5.97 Å². The van der Waals surface area contributed by atoms with Gasteiger partial charge in [0.15, 0.2) is 0 Å². The lowest BCUT2D eigenvalue weighted by Crippen LogP contribution is -2.15. The van der Waals surface area contributed by atoms with Crippen LogP contribution < -0.4 is 5.14 Å². The largest absolute Gasteiger partial charge is 0.460 e. The second-order valence-electron chi connectivity index (χ2n) is 4.13. The fourth-order valence-electron chi connectivity index (χ4n) is 1.30. The number of benzene rings is 1. The molecule has 1 rings (SSSR count). The molecule has 0 radical (unpaired) electrons. The van der Waals surface area contributed by atoms with Gasteiger partial charge in [0.25, 0.3) is 0 Å². The Hall–Kier alpha value is -1.44. The van der Waals surface area contributed by atoms with E-state index < -0.39 is 16.0 Å². The maximum absolute atomic E-state index is 11.7. The van der Waals surface area contributed by atoms with Gasteiger partial charge in [-0.25, -0.2) is 18.4 Å². The topological polar surface area (TPSA) is 95.7 Å². The van der Waals surface area contributed by atoms with Crippen LogP contribution in [-0.4, -0.2) is 33.7 Å². The van der Waals surface area contributed by atoms with Gasteiger partial charge in [0.2, 0.25) is 10.0 Å². The quantitative estimate of drug-likeness (QED) is 0.620. The predicted octanol–water partition coefficient (Wildman–Crippen LogP) is 0.916. The maximum atomic E-state index is 11.7. The van der Waals surface area contributed by atoms with E-state index in [-0.39, 0.29) is 29.8 Å². The smallest absolute Gasteiger partial charge is 0.338 e. The molecule has 7 heteroatoms. The Labute approximate surface area is 112 Å². The third-order valence-corrected chi connectivity index (χ3v) is 3.08. The Balaban J connectivity index is 2.63. The van der Waals surface area contributed by atoms with Crippen molar-refractivity contribution in [2.24, 2.45) is 5.14 Å². The minimum Gasteiger partial charge on any atom is -0.460 e. The Morgan fingerprint density at radius 1 is 1.32 bits per heavy atom. The summed E-state index contributed by atoms with van der Waals surface area (Å²) >= 11 is 0. The maximum Gasteiger partial charge on any atom is 0.338 e. The van der Waals surface area contributed by atoms with Crippen molar-refractivity contribution in [3.05, 3.63) is 29.8 Å². The molecule has 0 heterocycles. The number of hydrogen-bond donors (Lipinski definition) is 1. The molecule has 0 aliphatic rings. The lowest BCUT2D eigenvalue weighted by atomic mass is 10.2. The van der Waals surface area contributed by atoms with Crippen LogP contribution >= 0.6 is 0 Å². The van der Waals surface area contributed by atoms with Crippen LogP contribution in [0.25, 0.3) is 0 Å². The summed E-state index contributed by atoms with van der Waals surface area (Å²) in [7, 11) is -3.83. The number of ether oxygens (including phenoxy) is 2. The molecule has 0 amide bonds. The van der Waals surface area contributed by atoms with Crippen molar-refractivity contribution in [1.29, 1.82) is 0 Å². The van der Waals surface area contributed by atoms with E-state index in [1.54, 1.807) is 0 Å². The summed E-state index contributed by atoms with van der Waals surface area (Å²) < 4.78 is 32.5. The van der Waals surface area contributed by atoms with Crippen LogP contribution in [0.1, 0.15) is 24.2 Å². The molecule has 0 aliphatic carbocycles. The number of esters is 1. The Kier molecular flexibility index (Phi) is 5.46. The molecule has 6 nitrogen and oxygen atoms in total. The summed E-state index contributed by atoms with van der Waals surface area (Å²) in [6, 6.07) is 5.39. The van der Waals surface area contributed by atoms with Crippen LogP contribution in [0.2, 0.25) is 0 Å². The average molecular weight is 287 g/mol. The summed E-state index contributed by atoms with van der Waals surface area (Å²) in [5, 5.41) is 4.98. The number of carbonyl (C=O) groups excluding carboxylic acids is 1. The molecular weight excluding hydrogens is 270 g/mol. The number of primary sulfonamides is 1. The first-order valence-electron chi connectivity index (χ1n) is 5.72. The molecule has 19 heavy (non-hydrogen) atoms. The lowest BCUT2D eigenvalue weighted by molar-refractivity contribution is 0.0177. The summed E-state index contributed by atoms with van der Waals surface area (Å²) in [5.41, 5.74) is 0.135. The van der Waals surface area contributed by atoms with E-state index >= 15 is 0 Å². The van der Waals surface area contributed by atoms with Gasteiger partial charge in [-0.1, -0.05) is 6.07 Å². The number of sulfonamides is 1. The fourth-order valence-corrected chi connectivity index (χ4v) is 1.86. The van der Waals surface area contributed by atoms with Gasteiger partial charge in [0.1, 0.15) is 6.61 Å². The zero-order valence-electron chi connectivity index (χ0n) is 10.8. The van der Waals surface area contributed by atoms with Crippen molar-refractivity contribution >= 4 is 16.0 Å². The summed E-state index contributed by atoms with van der Waals surface area (Å²) in [5.74, 6) is -0.613. The van der Waals surface area contributed by atoms with Gasteiger partial charge in [-0.15, -0.1) is 0 Å². The van der Waals surface area contributed by atoms with Crippen LogP contribution in [0.5, 0.6) is 0 Å². The summed E-state index contributed by atoms with van der Waals surface area (Å²) in [6.45, 7) is 4.14. The van der Waals surface area contributed by atoms with Crippen LogP contribution in [0.15, 0.2) is 29.2 Å². The number of rotatable bonds is 6. The van der Waals surface area contributed by atoms with Crippen LogP contribution in [0.3, 0.4) is 0 Å². The first-order valence-corrected chi connectivity index (χ1v) is 7.27. The van der Waals surface area contributed by atoms with Crippen LogP contribution in [-0.2, 0) is 19.5 Å². The molecule has 0 bridgehead atoms. The molecule has 1 aromatic rings. The van der Waals surface area contributed by atoms with Crippen LogP contribution in [0.4, 0.5) is 0 Å². The molecule has 2 N–H and O–H groups in total. The molecule has 106 valence electrons. The molecule has 0 saturated carbocycles. The minimum atomic E-state index is -3.83. The monoisotopic (exact) mass is 287 g/mol. The Morgan fingerprint density at radius 3 is 2.58 bits per heavy atom. The molecule has 0 aromatic heterocycles. The zero-order chi connectivity index (χ0) is 14.5. The van der Waals surface area contributed by atoms with Crippen molar-refractivity contribution in [1.82, 2.24) is 0 Å². The molecular formula is C12H17NO5S. The van der Waals surface area contributed by atoms with Gasteiger partial charge in [-0.05, 0) is 32.0 Å². The summed E-state index contributed by atoms with van der Waals surface area (Å²) in [4.78, 5) is 11.5. The van der Waals surface area contributed by atoms with Crippen molar-refractivity contribution in [3.63, 3.8) is 0 Å². The molecule has 0 saturated heterocycles. The molecule has 0 atom stereocenters. The Bertz CT molecular complexity index is 539. The first kappa shape index (κ1) is 15.6. The van der Waals surface area contributed by atoms with E-state index in [9.17, 15) is 13.2 Å². The highest BCUT2D eigenvalue weighted by Crippen LogP contribution is 2.10. The van der Waals surface area contributed by atoms with Gasteiger partial charge in [0.05, 0.1) is 23.2 Å². The zero-order valence-corrected chi connectivity index (χ0v) is 11.6. The summed E-state index contributed by atoms with van der Waals surface area (Å²) in [6.07, 6.45) is 0.0596. The number of hydrogen-bond acceptors (Lipinski definition) is 5. The minimum absolute atomic E-state index is 0.0596. The first-order chi connectivity index (χ1) is 8.80. The van der Waals surface area contributed by atoms with Gasteiger partial charge in [-0.3, -0.25) is 0 Å². The normalized spacial score (nSPS) is 11.6. The van der Waals surface area contributed by atoms with Crippen molar-refractivity contribution in [3.8, 4) is 0 Å². The van der Waals surface area contributed by atoms with Crippen molar-refractivity contribution in [2.75, 3.05) is 13.2 Å². The van der Waals surface area contributed by atoms with E-state index in [0.29, 0.717) is 0 Å². The lowest BCUT2D eigenvalue weighted by Gasteiger charge is -2.08. The molecule has 0 aliphatic heterocycles. The molecule has 0 fully saturated rings. The van der Waals surface area contributed by atoms with E-state index in [2.05, 4.69) is 0 Å². The van der Waals surface area contributed by atoms with E-state index in [1.807, 2.05) is 13.8 Å². The van der Waals surface area contributed by atoms with E-state index in [0.717, 1.165) is 0 Å². The van der Waals surface area contributed by atoms with Gasteiger partial charge in [0, 0.05) is 0 Å². The second-order valence-corrected chi connectivity index (χ2v) is 5.69. The highest BCUT2D eigenvalue weighted by Gasteiger charge is 2.12. The van der Waals surface area contributed by atoms with Crippen molar-refractivity contribution in [2.45, 2.75) is 24.8 Å². The Morgan fingerprint density at radius 2 is 2.00 bits per heavy atom. The fraction of sp³-hybridized carbons (Fsp3) is 0.417. The average Bonchev–Trinajstić information content (AvgIpc) is 2.33. The van der Waals surface area contributed by atoms with E-state index in [1.165, 1.54) is 24.3 Å². The second kappa shape index (κ2) is 6.65.